The average Bonchev–Trinajstić information content (AvgIpc) is 3.23. The number of likely N-dealkylation sites (tertiary alicyclic amines) is 1. The highest BCUT2D eigenvalue weighted by Gasteiger charge is 2.54. The summed E-state index contributed by atoms with van der Waals surface area (Å²) in [6.07, 6.45) is 8.46. The molecule has 0 radical (unpaired) electrons. The fourth-order valence-electron chi connectivity index (χ4n) is 4.15. The molecule has 1 N–H and O–H groups in total. The van der Waals surface area contributed by atoms with Gasteiger partial charge in [0, 0.05) is 12.6 Å². The van der Waals surface area contributed by atoms with Crippen molar-refractivity contribution in [3.05, 3.63) is 77.9 Å². The number of carbonyl (C=O) groups is 2. The smallest absolute Gasteiger partial charge is 0.250 e. The van der Waals surface area contributed by atoms with Crippen LogP contribution >= 0.6 is 0 Å². The van der Waals surface area contributed by atoms with E-state index in [0.29, 0.717) is 6.54 Å². The fraction of sp³-hybridized carbons (Fsp3) is 0.333. The third-order valence-corrected chi connectivity index (χ3v) is 5.82. The van der Waals surface area contributed by atoms with Gasteiger partial charge in [-0.25, -0.2) is 0 Å². The highest BCUT2D eigenvalue weighted by atomic mass is 16.2. The Labute approximate surface area is 166 Å². The summed E-state index contributed by atoms with van der Waals surface area (Å²) in [4.78, 5) is 27.5. The third kappa shape index (κ3) is 3.72. The summed E-state index contributed by atoms with van der Waals surface area (Å²) in [7, 11) is 0. The molecule has 4 rings (SSSR count). The van der Waals surface area contributed by atoms with Crippen molar-refractivity contribution < 1.29 is 9.59 Å². The lowest BCUT2D eigenvalue weighted by Gasteiger charge is -2.49. The van der Waals surface area contributed by atoms with Crippen LogP contribution in [-0.2, 0) is 16.1 Å². The van der Waals surface area contributed by atoms with Gasteiger partial charge in [0.2, 0.25) is 5.91 Å². The molecule has 1 saturated heterocycles. The molecule has 1 aliphatic carbocycles. The van der Waals surface area contributed by atoms with Gasteiger partial charge in [-0.3, -0.25) is 9.59 Å². The first-order valence-corrected chi connectivity index (χ1v) is 10.1. The van der Waals surface area contributed by atoms with E-state index in [1.807, 2.05) is 72.8 Å². The summed E-state index contributed by atoms with van der Waals surface area (Å²) < 4.78 is 0. The van der Waals surface area contributed by atoms with Crippen LogP contribution in [0.25, 0.3) is 6.08 Å². The molecule has 4 nitrogen and oxygen atoms in total. The lowest BCUT2D eigenvalue weighted by Crippen LogP contribution is -2.69. The van der Waals surface area contributed by atoms with E-state index in [0.717, 1.165) is 36.8 Å². The quantitative estimate of drug-likeness (QED) is 0.779. The maximum Gasteiger partial charge on any atom is 0.250 e. The predicted octanol–water partition coefficient (Wildman–Crippen LogP) is 3.93. The van der Waals surface area contributed by atoms with E-state index in [4.69, 9.17) is 0 Å². The van der Waals surface area contributed by atoms with Crippen molar-refractivity contribution in [1.82, 2.24) is 10.2 Å². The average molecular weight is 374 g/mol. The Morgan fingerprint density at radius 1 is 1.04 bits per heavy atom. The Balaban J connectivity index is 1.61. The fourth-order valence-corrected chi connectivity index (χ4v) is 4.15. The Kier molecular flexibility index (Phi) is 5.29. The van der Waals surface area contributed by atoms with Crippen molar-refractivity contribution in [2.45, 2.75) is 50.2 Å². The van der Waals surface area contributed by atoms with Crippen LogP contribution < -0.4 is 5.32 Å². The van der Waals surface area contributed by atoms with Crippen LogP contribution in [0.4, 0.5) is 0 Å². The molecule has 144 valence electrons. The molecule has 2 aromatic rings. The Morgan fingerprint density at radius 2 is 1.68 bits per heavy atom. The summed E-state index contributed by atoms with van der Waals surface area (Å²) in [6.45, 7) is 0.441. The van der Waals surface area contributed by atoms with Gasteiger partial charge in [-0.05, 0) is 30.0 Å². The minimum absolute atomic E-state index is 0.0168. The van der Waals surface area contributed by atoms with Gasteiger partial charge in [-0.15, -0.1) is 0 Å². The predicted molar refractivity (Wildman–Crippen MR) is 110 cm³/mol. The Morgan fingerprint density at radius 3 is 2.32 bits per heavy atom. The van der Waals surface area contributed by atoms with Crippen molar-refractivity contribution in [2.24, 2.45) is 0 Å². The van der Waals surface area contributed by atoms with Gasteiger partial charge in [-0.2, -0.15) is 0 Å². The molecule has 2 aliphatic rings. The summed E-state index contributed by atoms with van der Waals surface area (Å²) in [5, 5.41) is 3.21. The number of rotatable bonds is 6. The first kappa shape index (κ1) is 18.5. The van der Waals surface area contributed by atoms with Gasteiger partial charge in [-0.1, -0.05) is 79.6 Å². The molecule has 0 spiro atoms. The van der Waals surface area contributed by atoms with Gasteiger partial charge in [0.15, 0.2) is 0 Å². The minimum atomic E-state index is -0.911. The van der Waals surface area contributed by atoms with Gasteiger partial charge in [0.05, 0.1) is 6.42 Å². The second kappa shape index (κ2) is 8.01. The first-order valence-electron chi connectivity index (χ1n) is 10.1. The number of hydrogen-bond acceptors (Lipinski definition) is 2. The maximum absolute atomic E-state index is 13.3. The van der Waals surface area contributed by atoms with Crippen molar-refractivity contribution in [3.63, 3.8) is 0 Å². The number of β-lactam (4-membered cyclic amide) rings is 1. The lowest BCUT2D eigenvalue weighted by atomic mass is 9.81. The minimum Gasteiger partial charge on any atom is -0.351 e. The largest absolute Gasteiger partial charge is 0.351 e. The Hall–Kier alpha value is -2.88. The topological polar surface area (TPSA) is 49.4 Å². The molecular weight excluding hydrogens is 348 g/mol. The standard InChI is InChI=1S/C24H26N2O2/c27-22-17-24(16-15-19-9-3-1-4-10-19,23(28)25-21-13-7-8-14-21)26(22)18-20-11-5-2-6-12-20/h1-6,9-12,15-16,21H,7-8,13-14,17-18H2,(H,25,28)/b16-15+/t24-/m0/s1. The van der Waals surface area contributed by atoms with E-state index in [-0.39, 0.29) is 24.3 Å². The molecule has 28 heavy (non-hydrogen) atoms. The molecule has 0 bridgehead atoms. The van der Waals surface area contributed by atoms with Gasteiger partial charge in [0.1, 0.15) is 5.54 Å². The van der Waals surface area contributed by atoms with E-state index in [1.54, 1.807) is 4.90 Å². The van der Waals surface area contributed by atoms with E-state index in [9.17, 15) is 9.59 Å². The summed E-state index contributed by atoms with van der Waals surface area (Å²) in [5.74, 6) is -0.0368. The molecule has 1 atom stereocenters. The van der Waals surface area contributed by atoms with Crippen LogP contribution in [0.3, 0.4) is 0 Å². The molecule has 0 aromatic heterocycles. The number of amides is 2. The molecule has 2 aromatic carbocycles. The van der Waals surface area contributed by atoms with Crippen LogP contribution in [0.15, 0.2) is 66.7 Å². The molecule has 2 fully saturated rings. The zero-order valence-corrected chi connectivity index (χ0v) is 16.0. The van der Waals surface area contributed by atoms with Crippen LogP contribution in [0, 0.1) is 0 Å². The summed E-state index contributed by atoms with van der Waals surface area (Å²) in [5.41, 5.74) is 1.14. The molecule has 0 unspecified atom stereocenters. The van der Waals surface area contributed by atoms with E-state index < -0.39 is 5.54 Å². The van der Waals surface area contributed by atoms with Gasteiger partial charge >= 0.3 is 0 Å². The third-order valence-electron chi connectivity index (χ3n) is 5.82. The number of benzene rings is 2. The van der Waals surface area contributed by atoms with Crippen molar-refractivity contribution in [3.8, 4) is 0 Å². The number of carbonyl (C=O) groups excluding carboxylic acids is 2. The Bertz CT molecular complexity index is 857. The van der Waals surface area contributed by atoms with Crippen LogP contribution in [0.5, 0.6) is 0 Å². The highest BCUT2D eigenvalue weighted by Crippen LogP contribution is 2.36. The van der Waals surface area contributed by atoms with E-state index in [2.05, 4.69) is 5.32 Å². The second-order valence-electron chi connectivity index (χ2n) is 7.77. The monoisotopic (exact) mass is 374 g/mol. The first-order chi connectivity index (χ1) is 13.7. The van der Waals surface area contributed by atoms with Crippen LogP contribution in [-0.4, -0.2) is 28.3 Å². The molecule has 4 heteroatoms. The molecule has 1 heterocycles. The number of nitrogens with one attached hydrogen (secondary N) is 1. The summed E-state index contributed by atoms with van der Waals surface area (Å²) in [6, 6.07) is 20.0. The SMILES string of the molecule is O=C1C[C@@](/C=C/c2ccccc2)(C(=O)NC2CCCC2)N1Cc1ccccc1. The normalized spacial score (nSPS) is 22.4. The van der Waals surface area contributed by atoms with Gasteiger partial charge in [0.25, 0.3) is 5.91 Å². The number of nitrogens with zero attached hydrogens (tertiary/aromatic N) is 1. The molecular formula is C24H26N2O2. The van der Waals surface area contributed by atoms with Crippen LogP contribution in [0.2, 0.25) is 0 Å². The molecule has 1 aliphatic heterocycles. The highest BCUT2D eigenvalue weighted by molar-refractivity contribution is 6.03. The van der Waals surface area contributed by atoms with Crippen molar-refractivity contribution in [1.29, 1.82) is 0 Å². The summed E-state index contributed by atoms with van der Waals surface area (Å²) >= 11 is 0. The molecule has 1 saturated carbocycles. The van der Waals surface area contributed by atoms with Gasteiger partial charge < -0.3 is 10.2 Å². The van der Waals surface area contributed by atoms with Crippen LogP contribution in [0.1, 0.15) is 43.2 Å². The number of hydrogen-bond donors (Lipinski definition) is 1. The second-order valence-corrected chi connectivity index (χ2v) is 7.77. The van der Waals surface area contributed by atoms with Crippen molar-refractivity contribution in [2.75, 3.05) is 0 Å². The van der Waals surface area contributed by atoms with E-state index in [1.165, 1.54) is 0 Å². The van der Waals surface area contributed by atoms with Crippen molar-refractivity contribution >= 4 is 17.9 Å². The molecule has 2 amide bonds. The zero-order chi connectivity index (χ0) is 19.4. The van der Waals surface area contributed by atoms with E-state index >= 15 is 0 Å². The maximum atomic E-state index is 13.3. The zero-order valence-electron chi connectivity index (χ0n) is 16.0. The lowest BCUT2D eigenvalue weighted by molar-refractivity contribution is -0.162.